The summed E-state index contributed by atoms with van der Waals surface area (Å²) in [4.78, 5) is 24.5. The van der Waals surface area contributed by atoms with E-state index in [-0.39, 0.29) is 24.2 Å². The molecule has 6 nitrogen and oxygen atoms in total. The van der Waals surface area contributed by atoms with Crippen LogP contribution in [0.2, 0.25) is 0 Å². The highest BCUT2D eigenvalue weighted by atomic mass is 19.1. The number of halogens is 1. The highest BCUT2D eigenvalue weighted by Crippen LogP contribution is 2.34. The van der Waals surface area contributed by atoms with Gasteiger partial charge in [0.05, 0.1) is 17.5 Å². The molecule has 0 spiro atoms. The predicted octanol–water partition coefficient (Wildman–Crippen LogP) is 3.29. The van der Waals surface area contributed by atoms with E-state index in [0.29, 0.717) is 0 Å². The van der Waals surface area contributed by atoms with E-state index in [1.807, 2.05) is 24.1 Å². The van der Waals surface area contributed by atoms with Gasteiger partial charge in [0.15, 0.2) is 0 Å². The van der Waals surface area contributed by atoms with Crippen LogP contribution in [0.4, 0.5) is 15.8 Å². The average Bonchev–Trinajstić information content (AvgIpc) is 3.00. The van der Waals surface area contributed by atoms with Crippen LogP contribution in [-0.2, 0) is 11.2 Å². The van der Waals surface area contributed by atoms with Crippen molar-refractivity contribution < 1.29 is 14.1 Å². The van der Waals surface area contributed by atoms with Crippen molar-refractivity contribution in [2.75, 3.05) is 18.9 Å². The van der Waals surface area contributed by atoms with Gasteiger partial charge in [0, 0.05) is 6.04 Å². The summed E-state index contributed by atoms with van der Waals surface area (Å²) in [5.41, 5.74) is 2.04. The lowest BCUT2D eigenvalue weighted by atomic mass is 10.1. The van der Waals surface area contributed by atoms with Crippen LogP contribution in [0.5, 0.6) is 0 Å². The number of nitro groups is 1. The van der Waals surface area contributed by atoms with Gasteiger partial charge >= 0.3 is 0 Å². The molecule has 7 heteroatoms. The standard InChI is InChI=1S/C18H18FN3O3/c1-21(16-9-6-12-4-2-3-5-14(12)16)11-18(23)20-15-8-7-13(19)10-17(15)22(24)25/h2-5,7-8,10,16H,6,9,11H2,1H3,(H,20,23)/t16-/m1/s1. The molecule has 3 rings (SSSR count). The monoisotopic (exact) mass is 343 g/mol. The van der Waals surface area contributed by atoms with Crippen molar-refractivity contribution in [3.05, 3.63) is 69.5 Å². The van der Waals surface area contributed by atoms with E-state index in [2.05, 4.69) is 17.4 Å². The number of hydrogen-bond acceptors (Lipinski definition) is 4. The molecule has 130 valence electrons. The van der Waals surface area contributed by atoms with Crippen molar-refractivity contribution in [2.24, 2.45) is 0 Å². The number of aryl methyl sites for hydroxylation is 1. The molecule has 0 bridgehead atoms. The van der Waals surface area contributed by atoms with Gasteiger partial charge in [-0.15, -0.1) is 0 Å². The molecule has 0 heterocycles. The Morgan fingerprint density at radius 3 is 2.88 bits per heavy atom. The summed E-state index contributed by atoms with van der Waals surface area (Å²) < 4.78 is 13.2. The Morgan fingerprint density at radius 2 is 2.12 bits per heavy atom. The number of hydrogen-bond donors (Lipinski definition) is 1. The first-order chi connectivity index (χ1) is 12.0. The minimum Gasteiger partial charge on any atom is -0.319 e. The van der Waals surface area contributed by atoms with Crippen LogP contribution >= 0.6 is 0 Å². The number of nitro benzene ring substituents is 1. The van der Waals surface area contributed by atoms with E-state index in [0.717, 1.165) is 25.0 Å². The number of amides is 1. The van der Waals surface area contributed by atoms with E-state index in [1.165, 1.54) is 17.2 Å². The van der Waals surface area contributed by atoms with E-state index in [4.69, 9.17) is 0 Å². The molecule has 2 aromatic rings. The Labute approximate surface area is 144 Å². The summed E-state index contributed by atoms with van der Waals surface area (Å²) in [6.07, 6.45) is 1.90. The normalized spacial score (nSPS) is 15.9. The van der Waals surface area contributed by atoms with Crippen molar-refractivity contribution in [1.29, 1.82) is 0 Å². The summed E-state index contributed by atoms with van der Waals surface area (Å²) in [6, 6.07) is 11.4. The Morgan fingerprint density at radius 1 is 1.36 bits per heavy atom. The summed E-state index contributed by atoms with van der Waals surface area (Å²) in [7, 11) is 1.85. The molecule has 1 atom stereocenters. The number of likely N-dealkylation sites (N-methyl/N-ethyl adjacent to an activating group) is 1. The molecule has 0 saturated heterocycles. The van der Waals surface area contributed by atoms with Gasteiger partial charge in [0.25, 0.3) is 5.69 Å². The second-order valence-electron chi connectivity index (χ2n) is 6.14. The SMILES string of the molecule is CN(CC(=O)Nc1ccc(F)cc1[N+](=O)[O-])[C@@H]1CCc2ccccc21. The van der Waals surface area contributed by atoms with Gasteiger partial charge < -0.3 is 5.32 Å². The molecule has 0 aromatic heterocycles. The lowest BCUT2D eigenvalue weighted by Gasteiger charge is -2.24. The van der Waals surface area contributed by atoms with Crippen molar-refractivity contribution in [1.82, 2.24) is 4.90 Å². The molecule has 0 radical (unpaired) electrons. The molecule has 1 amide bonds. The smallest absolute Gasteiger partial charge is 0.295 e. The van der Waals surface area contributed by atoms with Gasteiger partial charge in [-0.05, 0) is 43.1 Å². The van der Waals surface area contributed by atoms with Crippen LogP contribution in [-0.4, -0.2) is 29.3 Å². The summed E-state index contributed by atoms with van der Waals surface area (Å²) in [5, 5.41) is 13.5. The lowest BCUT2D eigenvalue weighted by molar-refractivity contribution is -0.384. The van der Waals surface area contributed by atoms with Crippen LogP contribution in [0.25, 0.3) is 0 Å². The molecule has 1 N–H and O–H groups in total. The third kappa shape index (κ3) is 3.66. The average molecular weight is 343 g/mol. The fourth-order valence-electron chi connectivity index (χ4n) is 3.28. The van der Waals surface area contributed by atoms with Crippen LogP contribution in [0.3, 0.4) is 0 Å². The second-order valence-corrected chi connectivity index (χ2v) is 6.14. The molecule has 25 heavy (non-hydrogen) atoms. The molecular formula is C18H18FN3O3. The number of carbonyl (C=O) groups excluding carboxylic acids is 1. The molecule has 1 aliphatic rings. The molecule has 2 aromatic carbocycles. The van der Waals surface area contributed by atoms with Gasteiger partial charge in [-0.25, -0.2) is 4.39 Å². The Balaban J connectivity index is 1.69. The highest BCUT2D eigenvalue weighted by Gasteiger charge is 2.27. The first kappa shape index (κ1) is 17.0. The van der Waals surface area contributed by atoms with E-state index < -0.39 is 16.4 Å². The predicted molar refractivity (Wildman–Crippen MR) is 91.8 cm³/mol. The number of nitrogens with one attached hydrogen (secondary N) is 1. The molecule has 0 saturated carbocycles. The first-order valence-electron chi connectivity index (χ1n) is 7.97. The van der Waals surface area contributed by atoms with Gasteiger partial charge in [0.1, 0.15) is 11.5 Å². The summed E-state index contributed by atoms with van der Waals surface area (Å²) >= 11 is 0. The van der Waals surface area contributed by atoms with Crippen LogP contribution < -0.4 is 5.32 Å². The molecular weight excluding hydrogens is 325 g/mol. The van der Waals surface area contributed by atoms with Gasteiger partial charge in [-0.2, -0.15) is 0 Å². The number of anilines is 1. The maximum atomic E-state index is 13.2. The van der Waals surface area contributed by atoms with Crippen LogP contribution in [0.1, 0.15) is 23.6 Å². The van der Waals surface area contributed by atoms with E-state index in [1.54, 1.807) is 0 Å². The van der Waals surface area contributed by atoms with Gasteiger partial charge in [-0.1, -0.05) is 24.3 Å². The largest absolute Gasteiger partial charge is 0.319 e. The van der Waals surface area contributed by atoms with Crippen molar-refractivity contribution in [2.45, 2.75) is 18.9 Å². The number of fused-ring (bicyclic) bond motifs is 1. The molecule has 0 unspecified atom stereocenters. The Kier molecular flexibility index (Phi) is 4.76. The van der Waals surface area contributed by atoms with Gasteiger partial charge in [-0.3, -0.25) is 19.8 Å². The Hall–Kier alpha value is -2.80. The summed E-state index contributed by atoms with van der Waals surface area (Å²) in [5.74, 6) is -1.09. The Bertz CT molecular complexity index is 825. The van der Waals surface area contributed by atoms with Crippen molar-refractivity contribution >= 4 is 17.3 Å². The van der Waals surface area contributed by atoms with Crippen LogP contribution in [0.15, 0.2) is 42.5 Å². The number of rotatable bonds is 5. The topological polar surface area (TPSA) is 75.5 Å². The number of carbonyl (C=O) groups is 1. The first-order valence-corrected chi connectivity index (χ1v) is 7.97. The van der Waals surface area contributed by atoms with Crippen molar-refractivity contribution in [3.8, 4) is 0 Å². The molecule has 0 aliphatic heterocycles. The molecule has 0 fully saturated rings. The maximum Gasteiger partial charge on any atom is 0.295 e. The summed E-state index contributed by atoms with van der Waals surface area (Å²) in [6.45, 7) is 0.0908. The van der Waals surface area contributed by atoms with Gasteiger partial charge in [0.2, 0.25) is 5.91 Å². The van der Waals surface area contributed by atoms with E-state index >= 15 is 0 Å². The third-order valence-corrected chi connectivity index (χ3v) is 4.46. The number of nitrogens with zero attached hydrogens (tertiary/aromatic N) is 2. The fourth-order valence-corrected chi connectivity index (χ4v) is 3.28. The van der Waals surface area contributed by atoms with Crippen molar-refractivity contribution in [3.63, 3.8) is 0 Å². The van der Waals surface area contributed by atoms with E-state index in [9.17, 15) is 19.3 Å². The zero-order valence-electron chi connectivity index (χ0n) is 13.7. The zero-order chi connectivity index (χ0) is 18.0. The fraction of sp³-hybridized carbons (Fsp3) is 0.278. The zero-order valence-corrected chi connectivity index (χ0v) is 13.7. The minimum atomic E-state index is -0.718. The minimum absolute atomic E-state index is 0.00313. The molecule has 1 aliphatic carbocycles. The number of benzene rings is 2. The third-order valence-electron chi connectivity index (χ3n) is 4.46. The lowest BCUT2D eigenvalue weighted by Crippen LogP contribution is -2.32. The maximum absolute atomic E-state index is 13.2. The van der Waals surface area contributed by atoms with Crippen LogP contribution in [0, 0.1) is 15.9 Å². The second kappa shape index (κ2) is 6.98. The highest BCUT2D eigenvalue weighted by molar-refractivity contribution is 5.94. The quantitative estimate of drug-likeness (QED) is 0.668.